The molecule has 0 aliphatic carbocycles. The molecule has 1 aromatic carbocycles. The summed E-state index contributed by atoms with van der Waals surface area (Å²) in [6, 6.07) is 5.13. The third kappa shape index (κ3) is 3.49. The first-order valence-electron chi connectivity index (χ1n) is 6.37. The number of carbonyl (C=O) groups is 2. The smallest absolute Gasteiger partial charge is 0.251 e. The maximum atomic E-state index is 12.0. The second-order valence-corrected chi connectivity index (χ2v) is 5.29. The van der Waals surface area contributed by atoms with E-state index < -0.39 is 0 Å². The molecule has 1 fully saturated rings. The maximum absolute atomic E-state index is 12.0. The van der Waals surface area contributed by atoms with E-state index in [2.05, 4.69) is 5.32 Å². The van der Waals surface area contributed by atoms with Gasteiger partial charge in [0, 0.05) is 30.7 Å². The number of morpholine rings is 1. The van der Waals surface area contributed by atoms with Crippen molar-refractivity contribution in [1.29, 1.82) is 0 Å². The van der Waals surface area contributed by atoms with Crippen molar-refractivity contribution in [2.75, 3.05) is 26.7 Å². The normalized spacial score (nSPS) is 19.1. The van der Waals surface area contributed by atoms with Gasteiger partial charge in [0.05, 0.1) is 6.10 Å². The molecule has 0 aromatic heterocycles. The molecule has 2 rings (SSSR count). The lowest BCUT2D eigenvalue weighted by molar-refractivity contribution is -0.146. The van der Waals surface area contributed by atoms with Crippen molar-refractivity contribution in [3.05, 3.63) is 34.3 Å². The summed E-state index contributed by atoms with van der Waals surface area (Å²) in [6.45, 7) is 2.78. The highest BCUT2D eigenvalue weighted by Gasteiger charge is 2.23. The molecular weight excluding hydrogens is 280 g/mol. The Morgan fingerprint density at radius 1 is 1.55 bits per heavy atom. The van der Waals surface area contributed by atoms with E-state index in [1.807, 2.05) is 6.92 Å². The van der Waals surface area contributed by atoms with E-state index in [0.717, 1.165) is 5.56 Å². The summed E-state index contributed by atoms with van der Waals surface area (Å²) in [7, 11) is 1.72. The molecule has 6 heteroatoms. The minimum Gasteiger partial charge on any atom is -0.365 e. The Labute approximate surface area is 122 Å². The maximum Gasteiger partial charge on any atom is 0.251 e. The van der Waals surface area contributed by atoms with E-state index in [1.54, 1.807) is 30.1 Å². The number of ether oxygens (including phenoxy) is 1. The van der Waals surface area contributed by atoms with Crippen LogP contribution in [0.25, 0.3) is 0 Å². The summed E-state index contributed by atoms with van der Waals surface area (Å²) < 4.78 is 5.36. The minimum atomic E-state index is -0.173. The molecule has 0 bridgehead atoms. The highest BCUT2D eigenvalue weighted by atomic mass is 35.5. The van der Waals surface area contributed by atoms with Crippen molar-refractivity contribution >= 4 is 23.4 Å². The van der Waals surface area contributed by atoms with Crippen LogP contribution < -0.4 is 5.32 Å². The predicted molar refractivity (Wildman–Crippen MR) is 75.9 cm³/mol. The quantitative estimate of drug-likeness (QED) is 0.913. The molecule has 5 nitrogen and oxygen atoms in total. The van der Waals surface area contributed by atoms with Crippen LogP contribution >= 0.6 is 11.6 Å². The summed E-state index contributed by atoms with van der Waals surface area (Å²) in [5.74, 6) is -0.214. The lowest BCUT2D eigenvalue weighted by atomic mass is 10.1. The number of aryl methyl sites for hydroxylation is 1. The first-order chi connectivity index (χ1) is 9.47. The number of halogens is 1. The Bertz CT molecular complexity index is 533. The molecule has 2 amide bonds. The lowest BCUT2D eigenvalue weighted by Gasteiger charge is -2.29. The fourth-order valence-corrected chi connectivity index (χ4v) is 2.09. The van der Waals surface area contributed by atoms with Crippen molar-refractivity contribution in [1.82, 2.24) is 10.2 Å². The van der Waals surface area contributed by atoms with Crippen LogP contribution in [-0.2, 0) is 9.53 Å². The van der Waals surface area contributed by atoms with Crippen molar-refractivity contribution < 1.29 is 14.3 Å². The van der Waals surface area contributed by atoms with Gasteiger partial charge in [0.15, 0.2) is 0 Å². The zero-order valence-electron chi connectivity index (χ0n) is 11.5. The average Bonchev–Trinajstić information content (AvgIpc) is 2.43. The second-order valence-electron chi connectivity index (χ2n) is 4.88. The Morgan fingerprint density at radius 2 is 2.30 bits per heavy atom. The van der Waals surface area contributed by atoms with Crippen LogP contribution in [0.2, 0.25) is 5.02 Å². The van der Waals surface area contributed by atoms with E-state index in [1.165, 1.54) is 0 Å². The molecule has 20 heavy (non-hydrogen) atoms. The van der Waals surface area contributed by atoms with Gasteiger partial charge in [-0.05, 0) is 30.7 Å². The zero-order chi connectivity index (χ0) is 14.7. The molecular formula is C14H17ClN2O3. The van der Waals surface area contributed by atoms with Crippen molar-refractivity contribution in [2.45, 2.75) is 13.0 Å². The highest BCUT2D eigenvalue weighted by molar-refractivity contribution is 6.31. The van der Waals surface area contributed by atoms with Crippen molar-refractivity contribution in [3.63, 3.8) is 0 Å². The first kappa shape index (κ1) is 14.8. The Morgan fingerprint density at radius 3 is 2.95 bits per heavy atom. The van der Waals surface area contributed by atoms with Gasteiger partial charge in [-0.3, -0.25) is 9.59 Å². The van der Waals surface area contributed by atoms with Gasteiger partial charge in [-0.25, -0.2) is 0 Å². The largest absolute Gasteiger partial charge is 0.365 e. The summed E-state index contributed by atoms with van der Waals surface area (Å²) >= 11 is 5.92. The third-order valence-corrected chi connectivity index (χ3v) is 3.68. The molecule has 108 valence electrons. The van der Waals surface area contributed by atoms with Crippen LogP contribution in [0.3, 0.4) is 0 Å². The number of carbonyl (C=O) groups excluding carboxylic acids is 2. The summed E-state index contributed by atoms with van der Waals surface area (Å²) in [6.07, 6.45) is -0.171. The number of amides is 2. The molecule has 0 radical (unpaired) electrons. The molecule has 1 aromatic rings. The standard InChI is InChI=1S/C14H17ClN2O3/c1-9-5-10(3-4-12(9)15)14(19)16-6-11-7-17(2)13(18)8-20-11/h3-5,11H,6-8H2,1-2H3,(H,16,19)/t11-/m1/s1. The van der Waals surface area contributed by atoms with Crippen LogP contribution in [0, 0.1) is 6.92 Å². The van der Waals surface area contributed by atoms with Gasteiger partial charge in [0.1, 0.15) is 6.61 Å². The van der Waals surface area contributed by atoms with Crippen LogP contribution in [0.5, 0.6) is 0 Å². The van der Waals surface area contributed by atoms with Gasteiger partial charge >= 0.3 is 0 Å². The molecule has 1 saturated heterocycles. The number of nitrogens with one attached hydrogen (secondary N) is 1. The van der Waals surface area contributed by atoms with E-state index in [9.17, 15) is 9.59 Å². The molecule has 1 atom stereocenters. The Hall–Kier alpha value is -1.59. The molecule has 0 unspecified atom stereocenters. The topological polar surface area (TPSA) is 58.6 Å². The fraction of sp³-hybridized carbons (Fsp3) is 0.429. The molecule has 0 saturated carbocycles. The number of hydrogen-bond acceptors (Lipinski definition) is 3. The van der Waals surface area contributed by atoms with Crippen LogP contribution in [0.1, 0.15) is 15.9 Å². The number of hydrogen-bond donors (Lipinski definition) is 1. The average molecular weight is 297 g/mol. The van der Waals surface area contributed by atoms with Gasteiger partial charge in [-0.2, -0.15) is 0 Å². The molecule has 1 aliphatic heterocycles. The van der Waals surface area contributed by atoms with Gasteiger partial charge in [-0.15, -0.1) is 0 Å². The van der Waals surface area contributed by atoms with E-state index >= 15 is 0 Å². The highest BCUT2D eigenvalue weighted by Crippen LogP contribution is 2.16. The van der Waals surface area contributed by atoms with Gasteiger partial charge in [0.2, 0.25) is 5.91 Å². The van der Waals surface area contributed by atoms with Crippen molar-refractivity contribution in [2.24, 2.45) is 0 Å². The third-order valence-electron chi connectivity index (χ3n) is 3.26. The second kappa shape index (κ2) is 6.24. The zero-order valence-corrected chi connectivity index (χ0v) is 12.2. The van der Waals surface area contributed by atoms with Crippen LogP contribution in [0.4, 0.5) is 0 Å². The SMILES string of the molecule is Cc1cc(C(=O)NC[C@@H]2CN(C)C(=O)CO2)ccc1Cl. The number of rotatable bonds is 3. The van der Waals surface area contributed by atoms with E-state index in [0.29, 0.717) is 23.7 Å². The minimum absolute atomic E-state index is 0.0408. The Balaban J connectivity index is 1.89. The first-order valence-corrected chi connectivity index (χ1v) is 6.75. The van der Waals surface area contributed by atoms with Crippen LogP contribution in [-0.4, -0.2) is 49.6 Å². The lowest BCUT2D eigenvalue weighted by Crippen LogP contribution is -2.48. The number of likely N-dealkylation sites (N-methyl/N-ethyl adjacent to an activating group) is 1. The fourth-order valence-electron chi connectivity index (χ4n) is 1.98. The molecule has 1 N–H and O–H groups in total. The van der Waals surface area contributed by atoms with Gasteiger partial charge in [-0.1, -0.05) is 11.6 Å². The summed E-state index contributed by atoms with van der Waals surface area (Å²) in [5.41, 5.74) is 1.42. The number of nitrogens with zero attached hydrogens (tertiary/aromatic N) is 1. The van der Waals surface area contributed by atoms with Crippen LogP contribution in [0.15, 0.2) is 18.2 Å². The molecule has 1 aliphatic rings. The summed E-state index contributed by atoms with van der Waals surface area (Å²) in [5, 5.41) is 3.44. The number of benzene rings is 1. The van der Waals surface area contributed by atoms with Crippen molar-refractivity contribution in [3.8, 4) is 0 Å². The monoisotopic (exact) mass is 296 g/mol. The predicted octanol–water partition coefficient (Wildman–Crippen LogP) is 1.24. The summed E-state index contributed by atoms with van der Waals surface area (Å²) in [4.78, 5) is 24.9. The molecule has 0 spiro atoms. The van der Waals surface area contributed by atoms with Gasteiger partial charge < -0.3 is 15.0 Å². The molecule has 1 heterocycles. The van der Waals surface area contributed by atoms with E-state index in [4.69, 9.17) is 16.3 Å². The Kier molecular flexibility index (Phi) is 4.62. The van der Waals surface area contributed by atoms with Gasteiger partial charge in [0.25, 0.3) is 5.91 Å². The van der Waals surface area contributed by atoms with E-state index in [-0.39, 0.29) is 24.5 Å².